The molecule has 0 aliphatic rings. The van der Waals surface area contributed by atoms with Gasteiger partial charge in [0, 0.05) is 22.8 Å². The standard InChI is InChI=1S/C22H19N5O3S/c1-14-13-21(24-15(2)23-14)27-31(29,30)18-10-8-17(9-11-18)25-22(28)20-12-7-16-5-3-4-6-19(16)26-20/h3-13H,1-2H3,(H,25,28)(H,23,24,27). The van der Waals surface area contributed by atoms with Crippen LogP contribution in [0.4, 0.5) is 11.5 Å². The quantitative estimate of drug-likeness (QED) is 0.496. The Labute approximate surface area is 179 Å². The van der Waals surface area contributed by atoms with E-state index in [-0.39, 0.29) is 22.3 Å². The topological polar surface area (TPSA) is 114 Å². The Morgan fingerprint density at radius 1 is 0.871 bits per heavy atom. The van der Waals surface area contributed by atoms with Gasteiger partial charge < -0.3 is 5.32 Å². The summed E-state index contributed by atoms with van der Waals surface area (Å²) in [5.41, 5.74) is 2.10. The van der Waals surface area contributed by atoms with Gasteiger partial charge in [0.05, 0.1) is 10.4 Å². The van der Waals surface area contributed by atoms with Crippen LogP contribution >= 0.6 is 0 Å². The Balaban J connectivity index is 1.49. The molecule has 4 aromatic rings. The van der Waals surface area contributed by atoms with Crippen LogP contribution in [-0.4, -0.2) is 29.3 Å². The van der Waals surface area contributed by atoms with Crippen molar-refractivity contribution in [2.24, 2.45) is 0 Å². The fourth-order valence-corrected chi connectivity index (χ4v) is 4.06. The predicted molar refractivity (Wildman–Crippen MR) is 118 cm³/mol. The van der Waals surface area contributed by atoms with Crippen molar-refractivity contribution >= 4 is 38.3 Å². The van der Waals surface area contributed by atoms with Gasteiger partial charge >= 0.3 is 0 Å². The molecule has 0 aliphatic heterocycles. The summed E-state index contributed by atoms with van der Waals surface area (Å²) in [5.74, 6) is 0.286. The van der Waals surface area contributed by atoms with E-state index in [1.165, 1.54) is 24.3 Å². The normalized spacial score (nSPS) is 11.3. The molecule has 8 nitrogen and oxygen atoms in total. The molecule has 0 fully saturated rings. The summed E-state index contributed by atoms with van der Waals surface area (Å²) in [5, 5.41) is 3.67. The number of para-hydroxylation sites is 1. The zero-order chi connectivity index (χ0) is 22.0. The number of carbonyl (C=O) groups excluding carboxylic acids is 1. The Morgan fingerprint density at radius 2 is 1.61 bits per heavy atom. The third kappa shape index (κ3) is 4.67. The van der Waals surface area contributed by atoms with Crippen LogP contribution in [0.1, 0.15) is 22.0 Å². The number of carbonyl (C=O) groups is 1. The molecule has 0 saturated carbocycles. The first-order valence-electron chi connectivity index (χ1n) is 9.42. The van der Waals surface area contributed by atoms with E-state index in [1.54, 1.807) is 26.0 Å². The van der Waals surface area contributed by atoms with Crippen molar-refractivity contribution in [3.8, 4) is 0 Å². The highest BCUT2D eigenvalue weighted by atomic mass is 32.2. The highest BCUT2D eigenvalue weighted by Crippen LogP contribution is 2.19. The van der Waals surface area contributed by atoms with Gasteiger partial charge in [-0.05, 0) is 50.2 Å². The number of nitrogens with one attached hydrogen (secondary N) is 2. The van der Waals surface area contributed by atoms with Crippen molar-refractivity contribution in [3.05, 3.63) is 83.9 Å². The third-order valence-electron chi connectivity index (χ3n) is 4.46. The van der Waals surface area contributed by atoms with E-state index in [4.69, 9.17) is 0 Å². The van der Waals surface area contributed by atoms with Crippen LogP contribution < -0.4 is 10.0 Å². The lowest BCUT2D eigenvalue weighted by Gasteiger charge is -2.10. The molecule has 2 aromatic heterocycles. The minimum atomic E-state index is -3.83. The Morgan fingerprint density at radius 3 is 2.35 bits per heavy atom. The van der Waals surface area contributed by atoms with E-state index in [2.05, 4.69) is 25.0 Å². The smallest absolute Gasteiger partial charge is 0.274 e. The molecule has 0 spiro atoms. The predicted octanol–water partition coefficient (Wildman–Crippen LogP) is 3.69. The summed E-state index contributed by atoms with van der Waals surface area (Å²) in [6, 6.07) is 18.4. The van der Waals surface area contributed by atoms with Gasteiger partial charge in [0.15, 0.2) is 0 Å². The van der Waals surface area contributed by atoms with E-state index in [0.717, 1.165) is 10.9 Å². The van der Waals surface area contributed by atoms with Crippen LogP contribution in [0.5, 0.6) is 0 Å². The second-order valence-corrected chi connectivity index (χ2v) is 8.60. The third-order valence-corrected chi connectivity index (χ3v) is 5.83. The number of hydrogen-bond acceptors (Lipinski definition) is 6. The number of amides is 1. The Kier molecular flexibility index (Phi) is 5.35. The minimum Gasteiger partial charge on any atom is -0.321 e. The molecule has 2 heterocycles. The molecule has 9 heteroatoms. The summed E-state index contributed by atoms with van der Waals surface area (Å²) >= 11 is 0. The molecule has 0 radical (unpaired) electrons. The lowest BCUT2D eigenvalue weighted by Crippen LogP contribution is -2.16. The van der Waals surface area contributed by atoms with E-state index < -0.39 is 10.0 Å². The van der Waals surface area contributed by atoms with Crippen molar-refractivity contribution in [2.45, 2.75) is 18.7 Å². The first-order valence-corrected chi connectivity index (χ1v) is 10.9. The number of benzene rings is 2. The first kappa shape index (κ1) is 20.4. The molecular formula is C22H19N5O3S. The van der Waals surface area contributed by atoms with Gasteiger partial charge in [-0.1, -0.05) is 24.3 Å². The number of aryl methyl sites for hydroxylation is 2. The molecule has 4 rings (SSSR count). The zero-order valence-electron chi connectivity index (χ0n) is 16.8. The lowest BCUT2D eigenvalue weighted by atomic mass is 10.2. The maximum absolute atomic E-state index is 12.6. The number of pyridine rings is 1. The SMILES string of the molecule is Cc1cc(NS(=O)(=O)c2ccc(NC(=O)c3ccc4ccccc4n3)cc2)nc(C)n1. The molecule has 2 N–H and O–H groups in total. The summed E-state index contributed by atoms with van der Waals surface area (Å²) in [7, 11) is -3.83. The van der Waals surface area contributed by atoms with Crippen LogP contribution in [0.25, 0.3) is 10.9 Å². The molecule has 1 amide bonds. The van der Waals surface area contributed by atoms with E-state index in [9.17, 15) is 13.2 Å². The summed E-state index contributed by atoms with van der Waals surface area (Å²) in [4.78, 5) is 25.1. The fourth-order valence-electron chi connectivity index (χ4n) is 3.07. The molecule has 0 atom stereocenters. The number of sulfonamides is 1. The van der Waals surface area contributed by atoms with E-state index >= 15 is 0 Å². The van der Waals surface area contributed by atoms with Crippen LogP contribution in [-0.2, 0) is 10.0 Å². The van der Waals surface area contributed by atoms with Crippen molar-refractivity contribution in [1.29, 1.82) is 0 Å². The van der Waals surface area contributed by atoms with Gasteiger partial charge in [-0.15, -0.1) is 0 Å². The van der Waals surface area contributed by atoms with Crippen molar-refractivity contribution in [1.82, 2.24) is 15.0 Å². The zero-order valence-corrected chi connectivity index (χ0v) is 17.6. The average molecular weight is 433 g/mol. The maximum atomic E-state index is 12.6. The maximum Gasteiger partial charge on any atom is 0.274 e. The van der Waals surface area contributed by atoms with Crippen LogP contribution in [0.15, 0.2) is 71.6 Å². The molecule has 0 bridgehead atoms. The highest BCUT2D eigenvalue weighted by Gasteiger charge is 2.16. The molecule has 0 aliphatic carbocycles. The van der Waals surface area contributed by atoms with Crippen molar-refractivity contribution in [2.75, 3.05) is 10.0 Å². The van der Waals surface area contributed by atoms with Gasteiger partial charge in [-0.2, -0.15) is 0 Å². The summed E-state index contributed by atoms with van der Waals surface area (Å²) < 4.78 is 27.7. The lowest BCUT2D eigenvalue weighted by molar-refractivity contribution is 0.102. The number of fused-ring (bicyclic) bond motifs is 1. The molecular weight excluding hydrogens is 414 g/mol. The summed E-state index contributed by atoms with van der Waals surface area (Å²) in [6.07, 6.45) is 0. The number of hydrogen-bond donors (Lipinski definition) is 2. The van der Waals surface area contributed by atoms with Crippen LogP contribution in [0, 0.1) is 13.8 Å². The average Bonchev–Trinajstić information content (AvgIpc) is 2.72. The van der Waals surface area contributed by atoms with Crippen molar-refractivity contribution < 1.29 is 13.2 Å². The van der Waals surface area contributed by atoms with E-state index in [1.807, 2.05) is 30.3 Å². The van der Waals surface area contributed by atoms with Gasteiger partial charge in [-0.3, -0.25) is 9.52 Å². The molecule has 31 heavy (non-hydrogen) atoms. The van der Waals surface area contributed by atoms with E-state index in [0.29, 0.717) is 17.2 Å². The Bertz CT molecular complexity index is 1370. The fraction of sp³-hybridized carbons (Fsp3) is 0.0909. The first-order chi connectivity index (χ1) is 14.8. The monoisotopic (exact) mass is 433 g/mol. The number of aromatic nitrogens is 3. The minimum absolute atomic E-state index is 0.0447. The Hall–Kier alpha value is -3.85. The largest absolute Gasteiger partial charge is 0.321 e. The number of nitrogens with zero attached hydrogens (tertiary/aromatic N) is 3. The van der Waals surface area contributed by atoms with Gasteiger partial charge in [0.2, 0.25) is 0 Å². The second-order valence-electron chi connectivity index (χ2n) is 6.91. The number of rotatable bonds is 5. The van der Waals surface area contributed by atoms with Gasteiger partial charge in [0.25, 0.3) is 15.9 Å². The van der Waals surface area contributed by atoms with Gasteiger partial charge in [-0.25, -0.2) is 23.4 Å². The molecule has 0 unspecified atom stereocenters. The van der Waals surface area contributed by atoms with Gasteiger partial charge in [0.1, 0.15) is 17.3 Å². The highest BCUT2D eigenvalue weighted by molar-refractivity contribution is 7.92. The van der Waals surface area contributed by atoms with Crippen LogP contribution in [0.3, 0.4) is 0 Å². The second kappa shape index (κ2) is 8.11. The summed E-state index contributed by atoms with van der Waals surface area (Å²) in [6.45, 7) is 3.45. The van der Waals surface area contributed by atoms with Crippen molar-refractivity contribution in [3.63, 3.8) is 0 Å². The number of anilines is 2. The molecule has 0 saturated heterocycles. The molecule has 2 aromatic carbocycles. The molecule has 156 valence electrons. The van der Waals surface area contributed by atoms with Crippen LogP contribution in [0.2, 0.25) is 0 Å².